The molecule has 0 amide bonds. The molecule has 0 spiro atoms. The summed E-state index contributed by atoms with van der Waals surface area (Å²) in [6, 6.07) is 11.6. The largest absolute Gasteiger partial charge is 0.309 e. The van der Waals surface area contributed by atoms with E-state index in [1.807, 2.05) is 11.3 Å². The van der Waals surface area contributed by atoms with Gasteiger partial charge in [-0.25, -0.2) is 0 Å². The van der Waals surface area contributed by atoms with Gasteiger partial charge in [-0.1, -0.05) is 42.8 Å². The van der Waals surface area contributed by atoms with Crippen LogP contribution in [-0.2, 0) is 0 Å². The lowest BCUT2D eigenvalue weighted by Crippen LogP contribution is -2.25. The van der Waals surface area contributed by atoms with E-state index in [1.54, 1.807) is 0 Å². The first-order valence-electron chi connectivity index (χ1n) is 7.62. The van der Waals surface area contributed by atoms with E-state index in [2.05, 4.69) is 79.3 Å². The minimum Gasteiger partial charge on any atom is -0.309 e. The van der Waals surface area contributed by atoms with Gasteiger partial charge in [-0.2, -0.15) is 0 Å². The molecule has 0 saturated carbocycles. The van der Waals surface area contributed by atoms with E-state index in [1.165, 1.54) is 27.3 Å². The lowest BCUT2D eigenvalue weighted by molar-refractivity contribution is 0.418. The van der Waals surface area contributed by atoms with Crippen molar-refractivity contribution in [2.45, 2.75) is 40.2 Å². The summed E-state index contributed by atoms with van der Waals surface area (Å²) in [5, 5.41) is 3.67. The van der Waals surface area contributed by atoms with Gasteiger partial charge in [-0.15, -0.1) is 11.3 Å². The molecule has 21 heavy (non-hydrogen) atoms. The zero-order chi connectivity index (χ0) is 15.4. The first-order chi connectivity index (χ1) is 10.0. The number of benzene rings is 1. The maximum absolute atomic E-state index is 3.67. The Morgan fingerprint density at radius 2 is 1.95 bits per heavy atom. The fraction of sp³-hybridized carbons (Fsp3) is 0.444. The van der Waals surface area contributed by atoms with Crippen molar-refractivity contribution in [1.29, 1.82) is 0 Å². The summed E-state index contributed by atoms with van der Waals surface area (Å²) < 4.78 is 1.15. The van der Waals surface area contributed by atoms with Crippen molar-refractivity contribution in [3.8, 4) is 10.4 Å². The molecule has 0 bridgehead atoms. The van der Waals surface area contributed by atoms with Crippen LogP contribution in [0.4, 0.5) is 0 Å². The average Bonchev–Trinajstić information content (AvgIpc) is 2.87. The predicted octanol–water partition coefficient (Wildman–Crippen LogP) is 6.18. The van der Waals surface area contributed by atoms with E-state index >= 15 is 0 Å². The number of aryl methyl sites for hydroxylation is 1. The third-order valence-electron chi connectivity index (χ3n) is 3.54. The molecule has 0 fully saturated rings. The number of thiophene rings is 1. The Morgan fingerprint density at radius 1 is 1.19 bits per heavy atom. The number of hydrogen-bond donors (Lipinski definition) is 1. The summed E-state index contributed by atoms with van der Waals surface area (Å²) in [7, 11) is 0. The predicted molar refractivity (Wildman–Crippen MR) is 98.1 cm³/mol. The third kappa shape index (κ3) is 4.41. The second-order valence-electron chi connectivity index (χ2n) is 5.90. The molecule has 1 atom stereocenters. The van der Waals surface area contributed by atoms with Gasteiger partial charge < -0.3 is 5.32 Å². The van der Waals surface area contributed by atoms with E-state index in [-0.39, 0.29) is 0 Å². The van der Waals surface area contributed by atoms with Crippen LogP contribution in [0.3, 0.4) is 0 Å². The van der Waals surface area contributed by atoms with Crippen molar-refractivity contribution in [2.24, 2.45) is 5.92 Å². The van der Waals surface area contributed by atoms with Gasteiger partial charge in [0, 0.05) is 20.3 Å². The Bertz CT molecular complexity index is 568. The molecule has 0 aliphatic rings. The highest BCUT2D eigenvalue weighted by atomic mass is 79.9. The first kappa shape index (κ1) is 16.7. The molecule has 0 aliphatic carbocycles. The Hall–Kier alpha value is -0.640. The van der Waals surface area contributed by atoms with Gasteiger partial charge in [-0.05, 0) is 61.2 Å². The number of rotatable bonds is 6. The molecule has 0 saturated heterocycles. The summed E-state index contributed by atoms with van der Waals surface area (Å²) >= 11 is 5.50. The summed E-state index contributed by atoms with van der Waals surface area (Å²) in [4.78, 5) is 2.78. The third-order valence-corrected chi connectivity index (χ3v) is 5.22. The normalized spacial score (nSPS) is 12.9. The monoisotopic (exact) mass is 365 g/mol. The quantitative estimate of drug-likeness (QED) is 0.643. The second kappa shape index (κ2) is 7.57. The van der Waals surface area contributed by atoms with Crippen LogP contribution in [0.25, 0.3) is 10.4 Å². The van der Waals surface area contributed by atoms with E-state index in [9.17, 15) is 0 Å². The van der Waals surface area contributed by atoms with Gasteiger partial charge in [0.2, 0.25) is 0 Å². The number of nitrogens with one attached hydrogen (secondary N) is 1. The van der Waals surface area contributed by atoms with Crippen molar-refractivity contribution >= 4 is 27.3 Å². The first-order valence-corrected chi connectivity index (χ1v) is 9.23. The van der Waals surface area contributed by atoms with Crippen molar-refractivity contribution in [3.63, 3.8) is 0 Å². The van der Waals surface area contributed by atoms with Crippen LogP contribution < -0.4 is 5.32 Å². The van der Waals surface area contributed by atoms with Crippen LogP contribution in [0.5, 0.6) is 0 Å². The van der Waals surface area contributed by atoms with E-state index in [0.717, 1.165) is 11.0 Å². The van der Waals surface area contributed by atoms with Crippen LogP contribution in [0.15, 0.2) is 34.8 Å². The molecule has 0 radical (unpaired) electrons. The smallest absolute Gasteiger partial charge is 0.0438 e. The van der Waals surface area contributed by atoms with Gasteiger partial charge in [-0.3, -0.25) is 0 Å². The SMILES string of the molecule is CCCNC(c1ccc(-c2cc(C)cc(Br)c2)s1)C(C)C. The standard InChI is InChI=1S/C18H24BrNS/c1-5-8-20-18(12(2)3)17-7-6-16(21-17)14-9-13(4)10-15(19)11-14/h6-7,9-12,18,20H,5,8H2,1-4H3. The Kier molecular flexibility index (Phi) is 6.03. The van der Waals surface area contributed by atoms with Crippen molar-refractivity contribution in [3.05, 3.63) is 45.2 Å². The summed E-state index contributed by atoms with van der Waals surface area (Å²) in [6.07, 6.45) is 1.17. The fourth-order valence-electron chi connectivity index (χ4n) is 2.52. The van der Waals surface area contributed by atoms with Gasteiger partial charge in [0.15, 0.2) is 0 Å². The summed E-state index contributed by atoms with van der Waals surface area (Å²) in [5.41, 5.74) is 2.59. The van der Waals surface area contributed by atoms with Crippen LogP contribution in [-0.4, -0.2) is 6.54 Å². The second-order valence-corrected chi connectivity index (χ2v) is 7.93. The molecular formula is C18H24BrNS. The van der Waals surface area contributed by atoms with Crippen LogP contribution >= 0.6 is 27.3 Å². The maximum atomic E-state index is 3.67. The lowest BCUT2D eigenvalue weighted by Gasteiger charge is -2.21. The van der Waals surface area contributed by atoms with Gasteiger partial charge in [0.05, 0.1) is 0 Å². The van der Waals surface area contributed by atoms with Crippen molar-refractivity contribution in [2.75, 3.05) is 6.54 Å². The van der Waals surface area contributed by atoms with Gasteiger partial charge >= 0.3 is 0 Å². The van der Waals surface area contributed by atoms with E-state index < -0.39 is 0 Å². The molecule has 1 aromatic heterocycles. The van der Waals surface area contributed by atoms with Gasteiger partial charge in [0.1, 0.15) is 0 Å². The summed E-state index contributed by atoms with van der Waals surface area (Å²) in [6.45, 7) is 10.0. The van der Waals surface area contributed by atoms with Crippen molar-refractivity contribution < 1.29 is 0 Å². The Morgan fingerprint density at radius 3 is 2.57 bits per heavy atom. The van der Waals surface area contributed by atoms with Crippen LogP contribution in [0.2, 0.25) is 0 Å². The molecule has 2 aromatic rings. The highest BCUT2D eigenvalue weighted by Crippen LogP contribution is 2.35. The molecule has 0 aliphatic heterocycles. The number of halogens is 1. The van der Waals surface area contributed by atoms with Crippen molar-refractivity contribution in [1.82, 2.24) is 5.32 Å². The molecule has 1 aromatic carbocycles. The van der Waals surface area contributed by atoms with Gasteiger partial charge in [0.25, 0.3) is 0 Å². The highest BCUT2D eigenvalue weighted by molar-refractivity contribution is 9.10. The minimum atomic E-state index is 0.456. The Labute approximate surface area is 140 Å². The number of hydrogen-bond acceptors (Lipinski definition) is 2. The maximum Gasteiger partial charge on any atom is 0.0438 e. The topological polar surface area (TPSA) is 12.0 Å². The highest BCUT2D eigenvalue weighted by Gasteiger charge is 2.17. The average molecular weight is 366 g/mol. The molecule has 114 valence electrons. The van der Waals surface area contributed by atoms with E-state index in [0.29, 0.717) is 12.0 Å². The summed E-state index contributed by atoms with van der Waals surface area (Å²) in [5.74, 6) is 0.604. The molecule has 1 heterocycles. The Balaban J connectivity index is 2.27. The van der Waals surface area contributed by atoms with E-state index in [4.69, 9.17) is 0 Å². The molecule has 1 N–H and O–H groups in total. The molecule has 3 heteroatoms. The fourth-order valence-corrected chi connectivity index (χ4v) is 4.37. The van der Waals surface area contributed by atoms with Crippen LogP contribution in [0.1, 0.15) is 43.7 Å². The zero-order valence-corrected chi connectivity index (χ0v) is 15.6. The zero-order valence-electron chi connectivity index (χ0n) is 13.2. The molecule has 1 nitrogen and oxygen atoms in total. The molecular weight excluding hydrogens is 342 g/mol. The molecule has 2 rings (SSSR count). The molecule has 1 unspecified atom stereocenters. The van der Waals surface area contributed by atoms with Crippen LogP contribution in [0, 0.1) is 12.8 Å². The lowest BCUT2D eigenvalue weighted by atomic mass is 10.0. The minimum absolute atomic E-state index is 0.456.